The van der Waals surface area contributed by atoms with E-state index in [4.69, 9.17) is 0 Å². The van der Waals surface area contributed by atoms with Crippen LogP contribution in [0.2, 0.25) is 0 Å². The predicted octanol–water partition coefficient (Wildman–Crippen LogP) is 3.15. The monoisotopic (exact) mass is 327 g/mol. The molecule has 2 heterocycles. The molecule has 0 spiro atoms. The van der Waals surface area contributed by atoms with E-state index in [1.54, 1.807) is 18.3 Å². The number of nitrogens with zero attached hydrogens (tertiary/aromatic N) is 3. The largest absolute Gasteiger partial charge is 0.381 e. The van der Waals surface area contributed by atoms with Crippen LogP contribution >= 0.6 is 11.3 Å². The average Bonchev–Trinajstić information content (AvgIpc) is 3.27. The van der Waals surface area contributed by atoms with Crippen molar-refractivity contribution in [3.05, 3.63) is 59.3 Å². The van der Waals surface area contributed by atoms with Gasteiger partial charge in [0.1, 0.15) is 18.7 Å². The maximum atomic E-state index is 12.2. The van der Waals surface area contributed by atoms with Crippen molar-refractivity contribution in [3.63, 3.8) is 0 Å². The summed E-state index contributed by atoms with van der Waals surface area (Å²) in [5.41, 5.74) is 3.02. The van der Waals surface area contributed by atoms with Crippen molar-refractivity contribution >= 4 is 28.6 Å². The van der Waals surface area contributed by atoms with E-state index < -0.39 is 6.04 Å². The first-order chi connectivity index (χ1) is 11.2. The molecule has 0 aliphatic rings. The van der Waals surface area contributed by atoms with E-state index in [9.17, 15) is 4.79 Å². The molecule has 7 heteroatoms. The van der Waals surface area contributed by atoms with Gasteiger partial charge >= 0.3 is 0 Å². The molecule has 1 unspecified atom stereocenters. The van der Waals surface area contributed by atoms with Gasteiger partial charge in [0.15, 0.2) is 0 Å². The second kappa shape index (κ2) is 7.06. The first-order valence-corrected chi connectivity index (χ1v) is 8.16. The van der Waals surface area contributed by atoms with Crippen molar-refractivity contribution in [1.82, 2.24) is 14.8 Å². The third kappa shape index (κ3) is 3.95. The van der Waals surface area contributed by atoms with E-state index >= 15 is 0 Å². The van der Waals surface area contributed by atoms with Crippen LogP contribution in [-0.4, -0.2) is 20.7 Å². The number of nitrogens with one attached hydrogen (secondary N) is 2. The highest BCUT2D eigenvalue weighted by Gasteiger charge is 2.15. The first kappa shape index (κ1) is 15.2. The normalized spacial score (nSPS) is 11.9. The molecular formula is C16H17N5OS. The van der Waals surface area contributed by atoms with E-state index in [0.717, 1.165) is 17.9 Å². The maximum Gasteiger partial charge on any atom is 0.249 e. The second-order valence-electron chi connectivity index (χ2n) is 5.10. The Balaban J connectivity index is 1.55. The van der Waals surface area contributed by atoms with Crippen LogP contribution in [0.1, 0.15) is 18.5 Å². The van der Waals surface area contributed by atoms with Crippen LogP contribution in [0.15, 0.2) is 53.7 Å². The summed E-state index contributed by atoms with van der Waals surface area (Å²) >= 11 is 1.69. The topological polar surface area (TPSA) is 71.8 Å². The number of benzene rings is 1. The van der Waals surface area contributed by atoms with Gasteiger partial charge < -0.3 is 10.6 Å². The summed E-state index contributed by atoms with van der Waals surface area (Å²) < 4.78 is 1.52. The van der Waals surface area contributed by atoms with Crippen molar-refractivity contribution in [1.29, 1.82) is 0 Å². The summed E-state index contributed by atoms with van der Waals surface area (Å²) in [7, 11) is 0. The highest BCUT2D eigenvalue weighted by atomic mass is 32.1. The van der Waals surface area contributed by atoms with Gasteiger partial charge in [-0.15, -0.1) is 0 Å². The molecule has 0 saturated carbocycles. The number of hydrogen-bond donors (Lipinski definition) is 2. The van der Waals surface area contributed by atoms with E-state index in [1.807, 2.05) is 24.3 Å². The van der Waals surface area contributed by atoms with Crippen molar-refractivity contribution in [2.45, 2.75) is 19.5 Å². The van der Waals surface area contributed by atoms with Crippen molar-refractivity contribution in [3.8, 4) is 0 Å². The molecule has 6 nitrogen and oxygen atoms in total. The van der Waals surface area contributed by atoms with Gasteiger partial charge in [0.2, 0.25) is 5.91 Å². The van der Waals surface area contributed by atoms with Gasteiger partial charge in [-0.3, -0.25) is 4.79 Å². The van der Waals surface area contributed by atoms with Crippen LogP contribution in [0.5, 0.6) is 0 Å². The molecule has 0 radical (unpaired) electrons. The summed E-state index contributed by atoms with van der Waals surface area (Å²) in [6.07, 6.45) is 2.94. The lowest BCUT2D eigenvalue weighted by Gasteiger charge is -2.12. The van der Waals surface area contributed by atoms with E-state index in [-0.39, 0.29) is 5.91 Å². The minimum atomic E-state index is -0.408. The van der Waals surface area contributed by atoms with Crippen LogP contribution in [-0.2, 0) is 11.3 Å². The number of carbonyl (C=O) groups excluding carboxylic acids is 1. The lowest BCUT2D eigenvalue weighted by molar-refractivity contribution is -0.119. The molecule has 3 aromatic rings. The van der Waals surface area contributed by atoms with E-state index in [2.05, 4.69) is 37.5 Å². The Morgan fingerprint density at radius 1 is 1.26 bits per heavy atom. The summed E-state index contributed by atoms with van der Waals surface area (Å²) in [6.45, 7) is 2.57. The molecular weight excluding hydrogens is 310 g/mol. The number of amides is 1. The molecule has 2 N–H and O–H groups in total. The van der Waals surface area contributed by atoms with Crippen molar-refractivity contribution in [2.24, 2.45) is 0 Å². The van der Waals surface area contributed by atoms with Gasteiger partial charge in [-0.25, -0.2) is 9.67 Å². The Kier molecular flexibility index (Phi) is 4.68. The number of carbonyl (C=O) groups is 1. The van der Waals surface area contributed by atoms with Gasteiger partial charge in [-0.2, -0.15) is 16.4 Å². The molecule has 1 atom stereocenters. The summed E-state index contributed by atoms with van der Waals surface area (Å²) in [6, 6.07) is 9.33. The van der Waals surface area contributed by atoms with Crippen molar-refractivity contribution in [2.75, 3.05) is 10.6 Å². The summed E-state index contributed by atoms with van der Waals surface area (Å²) in [5.74, 6) is -0.130. The number of hydrogen-bond acceptors (Lipinski definition) is 5. The summed E-state index contributed by atoms with van der Waals surface area (Å²) in [5, 5.41) is 14.4. The smallest absolute Gasteiger partial charge is 0.249 e. The number of thiophene rings is 1. The average molecular weight is 327 g/mol. The fourth-order valence-electron chi connectivity index (χ4n) is 2.05. The van der Waals surface area contributed by atoms with Gasteiger partial charge in [0, 0.05) is 17.9 Å². The van der Waals surface area contributed by atoms with Crippen molar-refractivity contribution < 1.29 is 4.79 Å². The molecule has 0 aliphatic heterocycles. The van der Waals surface area contributed by atoms with E-state index in [1.165, 1.54) is 22.9 Å². The third-order valence-corrected chi connectivity index (χ3v) is 4.17. The number of anilines is 2. The molecule has 3 rings (SSSR count). The highest BCUT2D eigenvalue weighted by molar-refractivity contribution is 7.07. The predicted molar refractivity (Wildman–Crippen MR) is 91.5 cm³/mol. The molecule has 23 heavy (non-hydrogen) atoms. The zero-order valence-electron chi connectivity index (χ0n) is 12.6. The van der Waals surface area contributed by atoms with Gasteiger partial charge in [0.25, 0.3) is 0 Å². The fraction of sp³-hybridized carbons (Fsp3) is 0.188. The zero-order chi connectivity index (χ0) is 16.1. The highest BCUT2D eigenvalue weighted by Crippen LogP contribution is 2.16. The Bertz CT molecular complexity index is 737. The number of rotatable bonds is 6. The molecule has 0 bridgehead atoms. The zero-order valence-corrected chi connectivity index (χ0v) is 13.5. The Labute approximate surface area is 138 Å². The van der Waals surface area contributed by atoms with Gasteiger partial charge in [-0.1, -0.05) is 0 Å². The molecule has 0 aliphatic carbocycles. The minimum absolute atomic E-state index is 0.130. The van der Waals surface area contributed by atoms with Crippen LogP contribution in [0.25, 0.3) is 0 Å². The lowest BCUT2D eigenvalue weighted by Crippen LogP contribution is -2.24. The van der Waals surface area contributed by atoms with Gasteiger partial charge in [0.05, 0.1) is 0 Å². The maximum absolute atomic E-state index is 12.2. The standard InChI is InChI=1S/C16H17N5OS/c1-12(21-11-17-10-19-21)16(22)20-15-4-2-14(3-5-15)18-8-13-6-7-23-9-13/h2-7,9-12,18H,8H2,1H3,(H,20,22). The Hall–Kier alpha value is -2.67. The molecule has 1 aromatic carbocycles. The van der Waals surface area contributed by atoms with Gasteiger partial charge in [-0.05, 0) is 53.6 Å². The van der Waals surface area contributed by atoms with Crippen LogP contribution in [0.3, 0.4) is 0 Å². The quantitative estimate of drug-likeness (QED) is 0.729. The SMILES string of the molecule is CC(C(=O)Nc1ccc(NCc2ccsc2)cc1)n1cncn1. The Morgan fingerprint density at radius 2 is 2.04 bits per heavy atom. The first-order valence-electron chi connectivity index (χ1n) is 7.22. The van der Waals surface area contributed by atoms with Crippen LogP contribution in [0.4, 0.5) is 11.4 Å². The molecule has 118 valence electrons. The third-order valence-electron chi connectivity index (χ3n) is 3.44. The molecule has 2 aromatic heterocycles. The molecule has 0 saturated heterocycles. The fourth-order valence-corrected chi connectivity index (χ4v) is 2.72. The van der Waals surface area contributed by atoms with Crippen LogP contribution < -0.4 is 10.6 Å². The molecule has 1 amide bonds. The number of aromatic nitrogens is 3. The van der Waals surface area contributed by atoms with E-state index in [0.29, 0.717) is 0 Å². The Morgan fingerprint density at radius 3 is 2.70 bits per heavy atom. The lowest BCUT2D eigenvalue weighted by atomic mass is 10.2. The second-order valence-corrected chi connectivity index (χ2v) is 5.88. The molecule has 0 fully saturated rings. The van der Waals surface area contributed by atoms with Crippen LogP contribution in [0, 0.1) is 0 Å². The summed E-state index contributed by atoms with van der Waals surface area (Å²) in [4.78, 5) is 16.0. The minimum Gasteiger partial charge on any atom is -0.381 e.